The van der Waals surface area contributed by atoms with Gasteiger partial charge in [-0.05, 0) is 27.2 Å². The van der Waals surface area contributed by atoms with Gasteiger partial charge in [0.1, 0.15) is 0 Å². The molecule has 5 heteroatoms. The first-order valence-corrected chi connectivity index (χ1v) is 6.53. The van der Waals surface area contributed by atoms with Crippen LogP contribution in [0.5, 0.6) is 0 Å². The van der Waals surface area contributed by atoms with Crippen LogP contribution in [0.2, 0.25) is 0 Å². The van der Waals surface area contributed by atoms with Crippen LogP contribution in [0.4, 0.5) is 0 Å². The lowest BCUT2D eigenvalue weighted by molar-refractivity contribution is -0.121. The van der Waals surface area contributed by atoms with Crippen molar-refractivity contribution in [2.75, 3.05) is 27.2 Å². The minimum absolute atomic E-state index is 0.0208. The van der Waals surface area contributed by atoms with Crippen molar-refractivity contribution in [2.24, 2.45) is 4.99 Å². The summed E-state index contributed by atoms with van der Waals surface area (Å²) >= 11 is 0. The maximum Gasteiger partial charge on any atom is 0.239 e. The van der Waals surface area contributed by atoms with E-state index in [2.05, 4.69) is 22.5 Å². The molecule has 0 bridgehead atoms. The summed E-state index contributed by atoms with van der Waals surface area (Å²) in [7, 11) is 3.71. The van der Waals surface area contributed by atoms with Gasteiger partial charge in [0.15, 0.2) is 5.96 Å². The predicted octanol–water partition coefficient (Wildman–Crippen LogP) is 1.21. The molecule has 1 amide bonds. The van der Waals surface area contributed by atoms with E-state index >= 15 is 0 Å². The fraction of sp³-hybridized carbons (Fsp3) is 0.846. The molecule has 0 rings (SSSR count). The second kappa shape index (κ2) is 7.95. The summed E-state index contributed by atoms with van der Waals surface area (Å²) in [6, 6.07) is 0. The van der Waals surface area contributed by atoms with Crippen molar-refractivity contribution in [1.82, 2.24) is 15.5 Å². The van der Waals surface area contributed by atoms with E-state index in [0.717, 1.165) is 25.3 Å². The number of amides is 1. The number of nitrogens with one attached hydrogen (secondary N) is 2. The van der Waals surface area contributed by atoms with Gasteiger partial charge >= 0.3 is 0 Å². The van der Waals surface area contributed by atoms with Gasteiger partial charge in [0.05, 0.1) is 6.54 Å². The summed E-state index contributed by atoms with van der Waals surface area (Å²) < 4.78 is 0. The Morgan fingerprint density at radius 2 is 1.94 bits per heavy atom. The van der Waals surface area contributed by atoms with Crippen molar-refractivity contribution in [3.8, 4) is 0 Å². The van der Waals surface area contributed by atoms with Gasteiger partial charge in [0.25, 0.3) is 0 Å². The summed E-state index contributed by atoms with van der Waals surface area (Å²) in [6.07, 6.45) is 2.26. The number of carbonyl (C=O) groups is 1. The van der Waals surface area contributed by atoms with E-state index in [1.165, 1.54) is 0 Å². The fourth-order valence-electron chi connectivity index (χ4n) is 1.51. The fourth-order valence-corrected chi connectivity index (χ4v) is 1.51. The molecule has 0 aliphatic rings. The Labute approximate surface area is 111 Å². The van der Waals surface area contributed by atoms with Gasteiger partial charge in [-0.2, -0.15) is 0 Å². The molecule has 0 unspecified atom stereocenters. The van der Waals surface area contributed by atoms with E-state index in [1.54, 1.807) is 7.05 Å². The van der Waals surface area contributed by atoms with Crippen molar-refractivity contribution >= 4 is 11.9 Å². The first-order valence-electron chi connectivity index (χ1n) is 6.53. The number of hydrogen-bond acceptors (Lipinski definition) is 2. The van der Waals surface area contributed by atoms with E-state index in [-0.39, 0.29) is 18.0 Å². The lowest BCUT2D eigenvalue weighted by Crippen LogP contribution is -2.48. The number of hydrogen-bond donors (Lipinski definition) is 2. The van der Waals surface area contributed by atoms with Crippen molar-refractivity contribution in [3.05, 3.63) is 0 Å². The highest BCUT2D eigenvalue weighted by Gasteiger charge is 2.14. The van der Waals surface area contributed by atoms with E-state index in [0.29, 0.717) is 0 Å². The van der Waals surface area contributed by atoms with Crippen LogP contribution < -0.4 is 10.6 Å². The summed E-state index contributed by atoms with van der Waals surface area (Å²) in [4.78, 5) is 17.9. The van der Waals surface area contributed by atoms with Crippen LogP contribution >= 0.6 is 0 Å². The molecule has 0 aromatic rings. The van der Waals surface area contributed by atoms with Crippen LogP contribution in [-0.4, -0.2) is 49.5 Å². The summed E-state index contributed by atoms with van der Waals surface area (Å²) in [5, 5.41) is 5.97. The number of guanidine groups is 1. The van der Waals surface area contributed by atoms with Crippen molar-refractivity contribution in [2.45, 2.75) is 46.1 Å². The second-order valence-corrected chi connectivity index (χ2v) is 5.47. The average molecular weight is 256 g/mol. The van der Waals surface area contributed by atoms with E-state index in [4.69, 9.17) is 0 Å². The SMILES string of the molecule is CCCCN(C)C(=NC)NCC(=O)NC(C)(C)C. The number of rotatable bonds is 5. The van der Waals surface area contributed by atoms with Gasteiger partial charge in [-0.15, -0.1) is 0 Å². The molecule has 2 N–H and O–H groups in total. The summed E-state index contributed by atoms with van der Waals surface area (Å²) in [5.41, 5.74) is -0.198. The smallest absolute Gasteiger partial charge is 0.239 e. The van der Waals surface area contributed by atoms with Gasteiger partial charge in [-0.3, -0.25) is 9.79 Å². The zero-order chi connectivity index (χ0) is 14.2. The molecule has 0 fully saturated rings. The molecule has 0 atom stereocenters. The zero-order valence-corrected chi connectivity index (χ0v) is 12.6. The monoisotopic (exact) mass is 256 g/mol. The van der Waals surface area contributed by atoms with Crippen LogP contribution in [-0.2, 0) is 4.79 Å². The van der Waals surface area contributed by atoms with Crippen molar-refractivity contribution in [1.29, 1.82) is 0 Å². The molecule has 0 spiro atoms. The van der Waals surface area contributed by atoms with Gasteiger partial charge < -0.3 is 15.5 Å². The van der Waals surface area contributed by atoms with Crippen LogP contribution in [0.25, 0.3) is 0 Å². The Morgan fingerprint density at radius 3 is 2.39 bits per heavy atom. The summed E-state index contributed by atoms with van der Waals surface area (Å²) in [5.74, 6) is 0.736. The molecule has 0 aliphatic carbocycles. The topological polar surface area (TPSA) is 56.7 Å². The highest BCUT2D eigenvalue weighted by Crippen LogP contribution is 1.97. The minimum atomic E-state index is -0.198. The highest BCUT2D eigenvalue weighted by atomic mass is 16.2. The zero-order valence-electron chi connectivity index (χ0n) is 12.6. The Hall–Kier alpha value is -1.26. The van der Waals surface area contributed by atoms with Crippen LogP contribution in [0.3, 0.4) is 0 Å². The first kappa shape index (κ1) is 16.7. The van der Waals surface area contributed by atoms with E-state index in [9.17, 15) is 4.79 Å². The van der Waals surface area contributed by atoms with Gasteiger partial charge in [-0.25, -0.2) is 0 Å². The molecular weight excluding hydrogens is 228 g/mol. The summed E-state index contributed by atoms with van der Waals surface area (Å²) in [6.45, 7) is 9.24. The third-order valence-corrected chi connectivity index (χ3v) is 2.34. The Morgan fingerprint density at radius 1 is 1.33 bits per heavy atom. The maximum atomic E-state index is 11.7. The second-order valence-electron chi connectivity index (χ2n) is 5.47. The molecule has 0 aromatic carbocycles. The molecule has 0 radical (unpaired) electrons. The lowest BCUT2D eigenvalue weighted by atomic mass is 10.1. The largest absolute Gasteiger partial charge is 0.350 e. The maximum absolute atomic E-state index is 11.7. The highest BCUT2D eigenvalue weighted by molar-refractivity contribution is 5.86. The molecule has 5 nitrogen and oxygen atoms in total. The molecule has 0 heterocycles. The third kappa shape index (κ3) is 7.92. The van der Waals surface area contributed by atoms with Gasteiger partial charge in [0, 0.05) is 26.2 Å². The third-order valence-electron chi connectivity index (χ3n) is 2.34. The molecular formula is C13H28N4O. The molecule has 0 saturated carbocycles. The van der Waals surface area contributed by atoms with Crippen LogP contribution in [0, 0.1) is 0 Å². The number of nitrogens with zero attached hydrogens (tertiary/aromatic N) is 2. The number of aliphatic imine (C=N–C) groups is 1. The lowest BCUT2D eigenvalue weighted by Gasteiger charge is -2.24. The van der Waals surface area contributed by atoms with Crippen molar-refractivity contribution < 1.29 is 4.79 Å². The predicted molar refractivity (Wildman–Crippen MR) is 76.8 cm³/mol. The van der Waals surface area contributed by atoms with Crippen LogP contribution in [0.15, 0.2) is 4.99 Å². The van der Waals surface area contributed by atoms with Gasteiger partial charge in [-0.1, -0.05) is 13.3 Å². The Bertz CT molecular complexity index is 281. The quantitative estimate of drug-likeness (QED) is 0.574. The number of unbranched alkanes of at least 4 members (excludes halogenated alkanes) is 1. The first-order chi connectivity index (χ1) is 8.30. The molecule has 0 aromatic heterocycles. The van der Waals surface area contributed by atoms with E-state index < -0.39 is 0 Å². The molecule has 106 valence electrons. The Balaban J connectivity index is 4.12. The Kier molecular flexibility index (Phi) is 7.39. The average Bonchev–Trinajstić information content (AvgIpc) is 2.24. The van der Waals surface area contributed by atoms with Gasteiger partial charge in [0.2, 0.25) is 5.91 Å². The minimum Gasteiger partial charge on any atom is -0.350 e. The number of carbonyl (C=O) groups excluding carboxylic acids is 1. The molecule has 0 saturated heterocycles. The molecule has 0 aliphatic heterocycles. The normalized spacial score (nSPS) is 12.2. The van der Waals surface area contributed by atoms with E-state index in [1.807, 2.05) is 32.7 Å². The van der Waals surface area contributed by atoms with Crippen LogP contribution in [0.1, 0.15) is 40.5 Å². The van der Waals surface area contributed by atoms with Crippen molar-refractivity contribution in [3.63, 3.8) is 0 Å². The standard InChI is InChI=1S/C13H28N4O/c1-7-8-9-17(6)12(14-5)15-10-11(18)16-13(2,3)4/h7-10H2,1-6H3,(H,14,15)(H,16,18). The molecule has 18 heavy (non-hydrogen) atoms.